The Bertz CT molecular complexity index is 529. The van der Waals surface area contributed by atoms with Crippen molar-refractivity contribution in [1.29, 1.82) is 0 Å². The lowest BCUT2D eigenvalue weighted by Gasteiger charge is -2.21. The number of hydrogen-bond donors (Lipinski definition) is 2. The van der Waals surface area contributed by atoms with Gasteiger partial charge in [0.15, 0.2) is 0 Å². The third kappa shape index (κ3) is 4.10. The molecule has 0 fully saturated rings. The van der Waals surface area contributed by atoms with Gasteiger partial charge in [-0.15, -0.1) is 0 Å². The summed E-state index contributed by atoms with van der Waals surface area (Å²) in [5, 5.41) is 8.84. The van der Waals surface area contributed by atoms with Gasteiger partial charge in [0.25, 0.3) is 0 Å². The predicted octanol–water partition coefficient (Wildman–Crippen LogP) is 2.83. The van der Waals surface area contributed by atoms with Gasteiger partial charge in [0.2, 0.25) is 0 Å². The van der Waals surface area contributed by atoms with Gasteiger partial charge in [-0.2, -0.15) is 0 Å². The minimum absolute atomic E-state index is 0.472. The minimum atomic E-state index is -0.482. The summed E-state index contributed by atoms with van der Waals surface area (Å²) in [6.45, 7) is 1.02. The molecule has 4 nitrogen and oxygen atoms in total. The maximum absolute atomic E-state index is 11.7. The smallest absolute Gasteiger partial charge is 0.318 e. The number of carbonyl (C=O) groups excluding carboxylic acids is 1. The maximum atomic E-state index is 11.7. The molecule has 0 spiro atoms. The second-order valence-corrected chi connectivity index (χ2v) is 4.56. The minimum Gasteiger partial charge on any atom is -0.318 e. The van der Waals surface area contributed by atoms with E-state index in [1.165, 1.54) is 0 Å². The topological polar surface area (TPSA) is 52.6 Å². The number of carbonyl (C=O) groups is 1. The van der Waals surface area contributed by atoms with Crippen LogP contribution in [0.4, 0.5) is 4.79 Å². The Morgan fingerprint density at radius 2 is 1.50 bits per heavy atom. The molecule has 2 aromatic carbocycles. The summed E-state index contributed by atoms with van der Waals surface area (Å²) >= 11 is 0. The molecule has 2 amide bonds. The van der Waals surface area contributed by atoms with Crippen LogP contribution in [0.5, 0.6) is 0 Å². The zero-order chi connectivity index (χ0) is 14.2. The number of nitrogens with one attached hydrogen (secondary N) is 1. The van der Waals surface area contributed by atoms with Crippen molar-refractivity contribution in [2.75, 3.05) is 6.54 Å². The van der Waals surface area contributed by atoms with Gasteiger partial charge in [0, 0.05) is 13.1 Å². The van der Waals surface area contributed by atoms with E-state index in [4.69, 9.17) is 5.21 Å². The van der Waals surface area contributed by atoms with Gasteiger partial charge in [-0.3, -0.25) is 5.21 Å². The zero-order valence-electron chi connectivity index (χ0n) is 11.2. The molecule has 104 valence electrons. The van der Waals surface area contributed by atoms with E-state index in [-0.39, 0.29) is 0 Å². The summed E-state index contributed by atoms with van der Waals surface area (Å²) in [6.07, 6.45) is 0.751. The van der Waals surface area contributed by atoms with E-state index >= 15 is 0 Å². The molecule has 0 bridgehead atoms. The first kappa shape index (κ1) is 14.1. The van der Waals surface area contributed by atoms with E-state index in [0.717, 1.165) is 17.5 Å². The van der Waals surface area contributed by atoms with Gasteiger partial charge in [0.05, 0.1) is 0 Å². The molecule has 0 aliphatic rings. The maximum Gasteiger partial charge on any atom is 0.341 e. The molecule has 0 aliphatic carbocycles. The van der Waals surface area contributed by atoms with Crippen LogP contribution >= 0.6 is 0 Å². The number of nitrogens with zero attached hydrogens (tertiary/aromatic N) is 1. The van der Waals surface area contributed by atoms with E-state index in [0.29, 0.717) is 13.1 Å². The molecule has 0 aromatic heterocycles. The largest absolute Gasteiger partial charge is 0.341 e. The second-order valence-electron chi connectivity index (χ2n) is 4.56. The van der Waals surface area contributed by atoms with Crippen molar-refractivity contribution >= 4 is 6.03 Å². The molecule has 0 aliphatic heterocycles. The number of amides is 2. The summed E-state index contributed by atoms with van der Waals surface area (Å²) in [5.41, 5.74) is 3.90. The average Bonchev–Trinajstić information content (AvgIpc) is 2.52. The van der Waals surface area contributed by atoms with Crippen LogP contribution < -0.4 is 5.48 Å². The molecule has 20 heavy (non-hydrogen) atoms. The lowest BCUT2D eigenvalue weighted by Crippen LogP contribution is -2.39. The number of rotatable bonds is 5. The van der Waals surface area contributed by atoms with E-state index in [1.54, 1.807) is 10.4 Å². The van der Waals surface area contributed by atoms with Crippen molar-refractivity contribution in [3.05, 3.63) is 71.8 Å². The van der Waals surface area contributed by atoms with E-state index in [2.05, 4.69) is 0 Å². The highest BCUT2D eigenvalue weighted by Crippen LogP contribution is 2.07. The van der Waals surface area contributed by atoms with Crippen molar-refractivity contribution in [1.82, 2.24) is 10.4 Å². The molecular formula is C16H18N2O2. The summed E-state index contributed by atoms with van der Waals surface area (Å²) < 4.78 is 0. The van der Waals surface area contributed by atoms with Crippen LogP contribution in [0.1, 0.15) is 11.1 Å². The third-order valence-electron chi connectivity index (χ3n) is 3.11. The number of hydrogen-bond acceptors (Lipinski definition) is 2. The molecule has 0 unspecified atom stereocenters. The first-order valence-electron chi connectivity index (χ1n) is 6.56. The first-order chi connectivity index (χ1) is 9.79. The van der Waals surface area contributed by atoms with Crippen LogP contribution in [0, 0.1) is 0 Å². The molecule has 0 heterocycles. The van der Waals surface area contributed by atoms with Gasteiger partial charge in [-0.05, 0) is 17.5 Å². The summed E-state index contributed by atoms with van der Waals surface area (Å²) in [6, 6.07) is 19.2. The lowest BCUT2D eigenvalue weighted by atomic mass is 10.1. The molecule has 0 radical (unpaired) electrons. The Hall–Kier alpha value is -2.33. The van der Waals surface area contributed by atoms with E-state index < -0.39 is 6.03 Å². The third-order valence-corrected chi connectivity index (χ3v) is 3.11. The van der Waals surface area contributed by atoms with Crippen LogP contribution in [-0.4, -0.2) is 22.7 Å². The highest BCUT2D eigenvalue weighted by Gasteiger charge is 2.12. The Morgan fingerprint density at radius 1 is 0.950 bits per heavy atom. The average molecular weight is 270 g/mol. The van der Waals surface area contributed by atoms with Crippen molar-refractivity contribution in [2.45, 2.75) is 13.0 Å². The fraction of sp³-hybridized carbons (Fsp3) is 0.188. The number of benzene rings is 2. The van der Waals surface area contributed by atoms with Gasteiger partial charge in [0.1, 0.15) is 0 Å². The van der Waals surface area contributed by atoms with Crippen LogP contribution in [0.2, 0.25) is 0 Å². The quantitative estimate of drug-likeness (QED) is 0.648. The zero-order valence-corrected chi connectivity index (χ0v) is 11.2. The van der Waals surface area contributed by atoms with Crippen LogP contribution in [0.3, 0.4) is 0 Å². The van der Waals surface area contributed by atoms with Gasteiger partial charge in [-0.25, -0.2) is 10.3 Å². The summed E-state index contributed by atoms with van der Waals surface area (Å²) in [5.74, 6) is 0. The fourth-order valence-electron chi connectivity index (χ4n) is 2.04. The van der Waals surface area contributed by atoms with Gasteiger partial charge in [-0.1, -0.05) is 60.7 Å². The van der Waals surface area contributed by atoms with Crippen LogP contribution in [0.15, 0.2) is 60.7 Å². The predicted molar refractivity (Wildman–Crippen MR) is 77.3 cm³/mol. The molecule has 2 N–H and O–H groups in total. The molecule has 2 rings (SSSR count). The number of hydroxylamine groups is 1. The molecular weight excluding hydrogens is 252 g/mol. The lowest BCUT2D eigenvalue weighted by molar-refractivity contribution is 0.127. The Morgan fingerprint density at radius 3 is 2.05 bits per heavy atom. The standard InChI is InChI=1S/C16H18N2O2/c19-16(17-20)18(13-15-9-5-2-6-10-15)12-11-14-7-3-1-4-8-14/h1-10,20H,11-13H2,(H,17,19). The molecule has 2 aromatic rings. The van der Waals surface area contributed by atoms with E-state index in [1.807, 2.05) is 60.7 Å². The molecule has 0 saturated carbocycles. The monoisotopic (exact) mass is 270 g/mol. The van der Waals surface area contributed by atoms with Crippen molar-refractivity contribution in [3.63, 3.8) is 0 Å². The van der Waals surface area contributed by atoms with Crippen molar-refractivity contribution < 1.29 is 10.0 Å². The molecule has 4 heteroatoms. The van der Waals surface area contributed by atoms with Gasteiger partial charge >= 0.3 is 6.03 Å². The highest BCUT2D eigenvalue weighted by atomic mass is 16.5. The van der Waals surface area contributed by atoms with Crippen LogP contribution in [-0.2, 0) is 13.0 Å². The normalized spacial score (nSPS) is 10.1. The fourth-order valence-corrected chi connectivity index (χ4v) is 2.04. The Balaban J connectivity index is 1.99. The second kappa shape index (κ2) is 7.31. The van der Waals surface area contributed by atoms with Crippen molar-refractivity contribution in [2.24, 2.45) is 0 Å². The summed E-state index contributed by atoms with van der Waals surface area (Å²) in [7, 11) is 0. The van der Waals surface area contributed by atoms with Crippen LogP contribution in [0.25, 0.3) is 0 Å². The highest BCUT2D eigenvalue weighted by molar-refractivity contribution is 5.72. The van der Waals surface area contributed by atoms with Gasteiger partial charge < -0.3 is 4.90 Å². The first-order valence-corrected chi connectivity index (χ1v) is 6.56. The van der Waals surface area contributed by atoms with E-state index in [9.17, 15) is 4.79 Å². The number of urea groups is 1. The Kier molecular flexibility index (Phi) is 5.15. The summed E-state index contributed by atoms with van der Waals surface area (Å²) in [4.78, 5) is 13.3. The SMILES string of the molecule is O=C(NO)N(CCc1ccccc1)Cc1ccccc1. The Labute approximate surface area is 118 Å². The van der Waals surface area contributed by atoms with Crippen molar-refractivity contribution in [3.8, 4) is 0 Å². The molecule has 0 saturated heterocycles. The molecule has 0 atom stereocenters.